The number of nitrogens with two attached hydrogens (primary N) is 1. The van der Waals surface area contributed by atoms with E-state index in [0.29, 0.717) is 0 Å². The highest BCUT2D eigenvalue weighted by Crippen LogP contribution is 2.16. The maximum absolute atomic E-state index is 12.0. The van der Waals surface area contributed by atoms with Crippen molar-refractivity contribution in [2.45, 2.75) is 0 Å². The number of carbonyl (C=O) groups is 2. The Morgan fingerprint density at radius 1 is 1.33 bits per heavy atom. The Balaban J connectivity index is 2.22. The molecule has 108 valence electrons. The summed E-state index contributed by atoms with van der Waals surface area (Å²) in [4.78, 5) is 33.2. The van der Waals surface area contributed by atoms with Crippen LogP contribution < -0.4 is 11.1 Å². The zero-order chi connectivity index (χ0) is 15.6. The van der Waals surface area contributed by atoms with E-state index in [-0.39, 0.29) is 22.6 Å². The van der Waals surface area contributed by atoms with E-state index in [4.69, 9.17) is 5.73 Å². The molecule has 2 amide bonds. The zero-order valence-electron chi connectivity index (χ0n) is 10.9. The molecule has 0 radical (unpaired) electrons. The number of hydrogen-bond acceptors (Lipinski definition) is 5. The molecule has 0 aliphatic rings. The summed E-state index contributed by atoms with van der Waals surface area (Å²) in [5.41, 5.74) is 5.36. The first-order valence-electron chi connectivity index (χ1n) is 5.77. The third-order valence-corrected chi connectivity index (χ3v) is 2.65. The highest BCUT2D eigenvalue weighted by atomic mass is 16.6. The van der Waals surface area contributed by atoms with Gasteiger partial charge in [0.2, 0.25) is 0 Å². The predicted octanol–water partition coefficient (Wildman–Crippen LogP) is 0.679. The van der Waals surface area contributed by atoms with Crippen LogP contribution in [0.4, 0.5) is 11.4 Å². The summed E-state index contributed by atoms with van der Waals surface area (Å²) in [7, 11) is 1.58. The second kappa shape index (κ2) is 5.41. The van der Waals surface area contributed by atoms with Crippen molar-refractivity contribution in [1.29, 1.82) is 0 Å². The minimum atomic E-state index is -0.769. The Kier molecular flexibility index (Phi) is 3.65. The maximum atomic E-state index is 12.0. The van der Waals surface area contributed by atoms with Gasteiger partial charge in [0, 0.05) is 30.9 Å². The summed E-state index contributed by atoms with van der Waals surface area (Å²) in [5.74, 6) is -1.30. The van der Waals surface area contributed by atoms with E-state index in [0.717, 1.165) is 0 Å². The number of primary amides is 1. The standard InChI is InChI=1S/C12H11N5O4/c1-16-6-9(10(15-16)11(13)18)14-12(19)7-2-4-8(5-3-7)17(20)21/h2-6H,1H3,(H2,13,18)(H,14,19). The van der Waals surface area contributed by atoms with E-state index in [1.165, 1.54) is 35.1 Å². The summed E-state index contributed by atoms with van der Waals surface area (Å²) in [6.07, 6.45) is 1.43. The number of aryl methyl sites for hydroxylation is 1. The van der Waals surface area contributed by atoms with Crippen molar-refractivity contribution in [1.82, 2.24) is 9.78 Å². The Hall–Kier alpha value is -3.23. The van der Waals surface area contributed by atoms with Gasteiger partial charge >= 0.3 is 0 Å². The molecule has 1 aromatic carbocycles. The Bertz CT molecular complexity index is 720. The van der Waals surface area contributed by atoms with Gasteiger partial charge < -0.3 is 11.1 Å². The first-order chi connectivity index (χ1) is 9.88. The van der Waals surface area contributed by atoms with Gasteiger partial charge in [0.05, 0.1) is 10.6 Å². The summed E-state index contributed by atoms with van der Waals surface area (Å²) in [6.45, 7) is 0. The third kappa shape index (κ3) is 3.03. The van der Waals surface area contributed by atoms with Crippen LogP contribution in [0.2, 0.25) is 0 Å². The smallest absolute Gasteiger partial charge is 0.271 e. The molecular weight excluding hydrogens is 278 g/mol. The zero-order valence-corrected chi connectivity index (χ0v) is 10.9. The largest absolute Gasteiger partial charge is 0.364 e. The molecule has 3 N–H and O–H groups in total. The van der Waals surface area contributed by atoms with Crippen LogP contribution in [0.15, 0.2) is 30.5 Å². The van der Waals surface area contributed by atoms with Gasteiger partial charge in [0.25, 0.3) is 17.5 Å². The van der Waals surface area contributed by atoms with Crippen molar-refractivity contribution >= 4 is 23.2 Å². The first-order valence-corrected chi connectivity index (χ1v) is 5.77. The SMILES string of the molecule is Cn1cc(NC(=O)c2ccc([N+](=O)[O-])cc2)c(C(N)=O)n1. The van der Waals surface area contributed by atoms with Crippen LogP contribution in [0, 0.1) is 10.1 Å². The summed E-state index contributed by atoms with van der Waals surface area (Å²) in [5, 5.41) is 16.9. The normalized spacial score (nSPS) is 10.1. The van der Waals surface area contributed by atoms with Crippen molar-refractivity contribution in [2.24, 2.45) is 12.8 Å². The molecule has 1 heterocycles. The van der Waals surface area contributed by atoms with E-state index >= 15 is 0 Å². The van der Waals surface area contributed by atoms with Crippen molar-refractivity contribution in [3.8, 4) is 0 Å². The number of hydrogen-bond donors (Lipinski definition) is 2. The predicted molar refractivity (Wildman–Crippen MR) is 72.8 cm³/mol. The van der Waals surface area contributed by atoms with Gasteiger partial charge in [-0.1, -0.05) is 0 Å². The molecule has 9 nitrogen and oxygen atoms in total. The molecule has 0 saturated carbocycles. The van der Waals surface area contributed by atoms with Gasteiger partial charge in [-0.15, -0.1) is 0 Å². The maximum Gasteiger partial charge on any atom is 0.271 e. The van der Waals surface area contributed by atoms with E-state index < -0.39 is 16.7 Å². The second-order valence-electron chi connectivity index (χ2n) is 4.19. The van der Waals surface area contributed by atoms with Crippen molar-refractivity contribution in [2.75, 3.05) is 5.32 Å². The molecule has 9 heteroatoms. The van der Waals surface area contributed by atoms with E-state index in [1.807, 2.05) is 0 Å². The Morgan fingerprint density at radius 2 is 1.95 bits per heavy atom. The molecule has 0 spiro atoms. The van der Waals surface area contributed by atoms with Gasteiger partial charge in [-0.05, 0) is 12.1 Å². The van der Waals surface area contributed by atoms with E-state index in [2.05, 4.69) is 10.4 Å². The number of amides is 2. The van der Waals surface area contributed by atoms with Crippen molar-refractivity contribution < 1.29 is 14.5 Å². The minimum Gasteiger partial charge on any atom is -0.364 e. The fraction of sp³-hybridized carbons (Fsp3) is 0.0833. The van der Waals surface area contributed by atoms with Crippen LogP contribution >= 0.6 is 0 Å². The lowest BCUT2D eigenvalue weighted by molar-refractivity contribution is -0.384. The molecule has 0 fully saturated rings. The molecule has 0 bridgehead atoms. The van der Waals surface area contributed by atoms with Crippen LogP contribution in [-0.4, -0.2) is 26.5 Å². The fourth-order valence-corrected chi connectivity index (χ4v) is 1.69. The van der Waals surface area contributed by atoms with Crippen LogP contribution in [0.3, 0.4) is 0 Å². The topological polar surface area (TPSA) is 133 Å². The monoisotopic (exact) mass is 289 g/mol. The lowest BCUT2D eigenvalue weighted by Crippen LogP contribution is -2.17. The number of nitrogens with zero attached hydrogens (tertiary/aromatic N) is 3. The van der Waals surface area contributed by atoms with Crippen LogP contribution in [0.5, 0.6) is 0 Å². The Labute approximate surface area is 118 Å². The second-order valence-corrected chi connectivity index (χ2v) is 4.19. The average molecular weight is 289 g/mol. The molecule has 1 aromatic heterocycles. The number of nitro groups is 1. The number of carbonyl (C=O) groups excluding carboxylic acids is 2. The first kappa shape index (κ1) is 14.2. The van der Waals surface area contributed by atoms with Gasteiger partial charge in [-0.2, -0.15) is 5.10 Å². The number of non-ortho nitro benzene ring substituents is 1. The molecular formula is C12H11N5O4. The number of benzene rings is 1. The van der Waals surface area contributed by atoms with Crippen LogP contribution in [0.1, 0.15) is 20.8 Å². The minimum absolute atomic E-state index is 0.0623. The van der Waals surface area contributed by atoms with Gasteiger partial charge in [0.1, 0.15) is 0 Å². The Morgan fingerprint density at radius 3 is 2.48 bits per heavy atom. The number of rotatable bonds is 4. The summed E-state index contributed by atoms with van der Waals surface area (Å²) >= 11 is 0. The lowest BCUT2D eigenvalue weighted by Gasteiger charge is -2.03. The molecule has 0 aliphatic heterocycles. The summed E-state index contributed by atoms with van der Waals surface area (Å²) in [6, 6.07) is 5.06. The van der Waals surface area contributed by atoms with E-state index in [9.17, 15) is 19.7 Å². The van der Waals surface area contributed by atoms with Gasteiger partial charge in [-0.25, -0.2) is 0 Å². The molecule has 0 saturated heterocycles. The van der Waals surface area contributed by atoms with Gasteiger partial charge in [0.15, 0.2) is 5.69 Å². The molecule has 0 aliphatic carbocycles. The quantitative estimate of drug-likeness (QED) is 0.630. The average Bonchev–Trinajstić information content (AvgIpc) is 2.80. The summed E-state index contributed by atoms with van der Waals surface area (Å²) < 4.78 is 1.34. The number of nitro benzene ring substituents is 1. The van der Waals surface area contributed by atoms with E-state index in [1.54, 1.807) is 7.05 Å². The van der Waals surface area contributed by atoms with Crippen molar-refractivity contribution in [3.63, 3.8) is 0 Å². The number of nitrogens with one attached hydrogen (secondary N) is 1. The van der Waals surface area contributed by atoms with Crippen LogP contribution in [0.25, 0.3) is 0 Å². The molecule has 2 rings (SSSR count). The third-order valence-electron chi connectivity index (χ3n) is 2.65. The highest BCUT2D eigenvalue weighted by Gasteiger charge is 2.16. The van der Waals surface area contributed by atoms with Crippen molar-refractivity contribution in [3.05, 3.63) is 51.8 Å². The van der Waals surface area contributed by atoms with Gasteiger partial charge in [-0.3, -0.25) is 24.4 Å². The van der Waals surface area contributed by atoms with Crippen LogP contribution in [-0.2, 0) is 7.05 Å². The lowest BCUT2D eigenvalue weighted by atomic mass is 10.2. The molecule has 21 heavy (non-hydrogen) atoms. The highest BCUT2D eigenvalue weighted by molar-refractivity contribution is 6.08. The molecule has 2 aromatic rings. The molecule has 0 atom stereocenters. The number of anilines is 1. The molecule has 0 unspecified atom stereocenters. The fourth-order valence-electron chi connectivity index (χ4n) is 1.69. The number of aromatic nitrogens is 2.